The molecule has 1 saturated heterocycles. The highest BCUT2D eigenvalue weighted by atomic mass is 16.5. The summed E-state index contributed by atoms with van der Waals surface area (Å²) >= 11 is 0. The Balaban J connectivity index is 1.86. The van der Waals surface area contributed by atoms with E-state index >= 15 is 0 Å². The zero-order chi connectivity index (χ0) is 14.8. The number of nitrogens with zero attached hydrogens (tertiary/aromatic N) is 2. The molecule has 21 heavy (non-hydrogen) atoms. The minimum absolute atomic E-state index is 0.0354. The van der Waals surface area contributed by atoms with Crippen molar-refractivity contribution in [1.82, 2.24) is 9.97 Å². The zero-order valence-corrected chi connectivity index (χ0v) is 12.8. The Kier molecular flexibility index (Phi) is 4.14. The lowest BCUT2D eigenvalue weighted by atomic mass is 10.2. The van der Waals surface area contributed by atoms with Crippen LogP contribution in [0.5, 0.6) is 5.88 Å². The predicted octanol–water partition coefficient (Wildman–Crippen LogP) is 2.52. The molecule has 0 spiro atoms. The second-order valence-electron chi connectivity index (χ2n) is 6.27. The van der Waals surface area contributed by atoms with Crippen LogP contribution in [-0.2, 0) is 4.74 Å². The monoisotopic (exact) mass is 292 g/mol. The van der Waals surface area contributed by atoms with Crippen molar-refractivity contribution in [2.75, 3.05) is 24.3 Å². The van der Waals surface area contributed by atoms with E-state index in [2.05, 4.69) is 29.1 Å². The highest BCUT2D eigenvalue weighted by molar-refractivity contribution is 5.67. The Bertz CT molecular complexity index is 497. The van der Waals surface area contributed by atoms with Gasteiger partial charge in [0.1, 0.15) is 11.8 Å². The topological polar surface area (TPSA) is 82.3 Å². The molecule has 0 amide bonds. The number of nitrogens with two attached hydrogens (primary N) is 1. The number of anilines is 2. The highest BCUT2D eigenvalue weighted by Crippen LogP contribution is 2.35. The van der Waals surface area contributed by atoms with Gasteiger partial charge in [-0.05, 0) is 31.6 Å². The van der Waals surface area contributed by atoms with Crippen LogP contribution in [-0.4, -0.2) is 29.2 Å². The Morgan fingerprint density at radius 3 is 2.76 bits per heavy atom. The van der Waals surface area contributed by atoms with Crippen LogP contribution in [0.3, 0.4) is 0 Å². The number of nitrogen functional groups attached to an aromatic ring is 1. The molecule has 116 valence electrons. The van der Waals surface area contributed by atoms with Crippen molar-refractivity contribution in [3.8, 4) is 5.88 Å². The maximum absolute atomic E-state index is 6.16. The lowest BCUT2D eigenvalue weighted by molar-refractivity contribution is 0.104. The van der Waals surface area contributed by atoms with E-state index in [0.717, 1.165) is 19.4 Å². The van der Waals surface area contributed by atoms with Crippen molar-refractivity contribution >= 4 is 11.5 Å². The summed E-state index contributed by atoms with van der Waals surface area (Å²) in [5.74, 6) is 2.28. The standard InChI is InChI=1S/C15H24N4O2/c1-9(2)8-21-15-12(16)14(17-10-5-6-10)18-13(19-15)11-4-3-7-20-11/h9-11H,3-8,16H2,1-2H3,(H,17,18,19). The maximum Gasteiger partial charge on any atom is 0.242 e. The first-order chi connectivity index (χ1) is 10.1. The van der Waals surface area contributed by atoms with Gasteiger partial charge in [0, 0.05) is 12.6 Å². The van der Waals surface area contributed by atoms with Crippen molar-refractivity contribution in [3.05, 3.63) is 5.82 Å². The number of rotatable bonds is 6. The molecule has 2 fully saturated rings. The lowest BCUT2D eigenvalue weighted by Gasteiger charge is -2.17. The van der Waals surface area contributed by atoms with E-state index in [1.807, 2.05) is 0 Å². The van der Waals surface area contributed by atoms with E-state index in [4.69, 9.17) is 15.2 Å². The first-order valence-electron chi connectivity index (χ1n) is 7.82. The average Bonchev–Trinajstić information content (AvgIpc) is 3.09. The number of nitrogens with one attached hydrogen (secondary N) is 1. The van der Waals surface area contributed by atoms with Crippen LogP contribution in [0, 0.1) is 5.92 Å². The number of ether oxygens (including phenoxy) is 2. The van der Waals surface area contributed by atoms with Gasteiger partial charge in [0.25, 0.3) is 0 Å². The second-order valence-corrected chi connectivity index (χ2v) is 6.27. The molecule has 6 nitrogen and oxygen atoms in total. The fourth-order valence-electron chi connectivity index (χ4n) is 2.28. The summed E-state index contributed by atoms with van der Waals surface area (Å²) in [6.07, 6.45) is 4.30. The van der Waals surface area contributed by atoms with Gasteiger partial charge < -0.3 is 20.5 Å². The molecular weight excluding hydrogens is 268 g/mol. The second kappa shape index (κ2) is 6.05. The van der Waals surface area contributed by atoms with Crippen LogP contribution in [0.2, 0.25) is 0 Å². The van der Waals surface area contributed by atoms with Gasteiger partial charge in [-0.2, -0.15) is 4.98 Å². The van der Waals surface area contributed by atoms with Crippen molar-refractivity contribution in [1.29, 1.82) is 0 Å². The van der Waals surface area contributed by atoms with Gasteiger partial charge in [-0.25, -0.2) is 4.98 Å². The number of hydrogen-bond acceptors (Lipinski definition) is 6. The molecule has 3 N–H and O–H groups in total. The smallest absolute Gasteiger partial charge is 0.242 e. The fraction of sp³-hybridized carbons (Fsp3) is 0.733. The molecule has 0 bridgehead atoms. The van der Waals surface area contributed by atoms with E-state index in [0.29, 0.717) is 41.8 Å². The fourth-order valence-corrected chi connectivity index (χ4v) is 2.28. The Hall–Kier alpha value is -1.56. The molecule has 1 saturated carbocycles. The summed E-state index contributed by atoms with van der Waals surface area (Å²) in [7, 11) is 0. The highest BCUT2D eigenvalue weighted by Gasteiger charge is 2.27. The Morgan fingerprint density at radius 2 is 2.14 bits per heavy atom. The summed E-state index contributed by atoms with van der Waals surface area (Å²) in [5.41, 5.74) is 6.66. The molecule has 1 aromatic heterocycles. The summed E-state index contributed by atoms with van der Waals surface area (Å²) in [4.78, 5) is 9.06. The predicted molar refractivity (Wildman–Crippen MR) is 81.3 cm³/mol. The molecule has 0 radical (unpaired) electrons. The molecule has 2 aliphatic rings. The normalized spacial score (nSPS) is 21.8. The van der Waals surface area contributed by atoms with Crippen molar-refractivity contribution in [3.63, 3.8) is 0 Å². The van der Waals surface area contributed by atoms with Crippen LogP contribution < -0.4 is 15.8 Å². The molecule has 1 aliphatic carbocycles. The van der Waals surface area contributed by atoms with Gasteiger partial charge in [-0.3, -0.25) is 0 Å². The van der Waals surface area contributed by atoms with Crippen molar-refractivity contribution < 1.29 is 9.47 Å². The van der Waals surface area contributed by atoms with E-state index in [-0.39, 0.29) is 6.10 Å². The van der Waals surface area contributed by atoms with Crippen LogP contribution in [0.25, 0.3) is 0 Å². The minimum Gasteiger partial charge on any atom is -0.476 e. The molecule has 1 aliphatic heterocycles. The number of hydrogen-bond donors (Lipinski definition) is 2. The summed E-state index contributed by atoms with van der Waals surface area (Å²) in [5, 5.41) is 3.36. The molecule has 1 aromatic rings. The van der Waals surface area contributed by atoms with Gasteiger partial charge in [0.2, 0.25) is 5.88 Å². The number of aromatic nitrogens is 2. The van der Waals surface area contributed by atoms with E-state index in [9.17, 15) is 0 Å². The quantitative estimate of drug-likeness (QED) is 0.838. The van der Waals surface area contributed by atoms with E-state index < -0.39 is 0 Å². The van der Waals surface area contributed by atoms with Crippen LogP contribution in [0.4, 0.5) is 11.5 Å². The minimum atomic E-state index is -0.0354. The molecule has 3 rings (SSSR count). The molecule has 1 unspecified atom stereocenters. The molecule has 2 heterocycles. The third kappa shape index (κ3) is 3.56. The third-order valence-corrected chi connectivity index (χ3v) is 3.62. The summed E-state index contributed by atoms with van der Waals surface area (Å²) in [6.45, 7) is 5.56. The van der Waals surface area contributed by atoms with Gasteiger partial charge in [-0.1, -0.05) is 13.8 Å². The maximum atomic E-state index is 6.16. The van der Waals surface area contributed by atoms with Gasteiger partial charge in [-0.15, -0.1) is 0 Å². The van der Waals surface area contributed by atoms with E-state index in [1.165, 1.54) is 12.8 Å². The van der Waals surface area contributed by atoms with Crippen LogP contribution in [0.15, 0.2) is 0 Å². The van der Waals surface area contributed by atoms with Gasteiger partial charge in [0.05, 0.1) is 6.61 Å². The van der Waals surface area contributed by atoms with Crippen molar-refractivity contribution in [2.24, 2.45) is 5.92 Å². The largest absolute Gasteiger partial charge is 0.476 e. The van der Waals surface area contributed by atoms with Crippen LogP contribution in [0.1, 0.15) is 51.5 Å². The molecule has 1 atom stereocenters. The summed E-state index contributed by atoms with van der Waals surface area (Å²) in [6, 6.07) is 0.484. The van der Waals surface area contributed by atoms with Crippen molar-refractivity contribution in [2.45, 2.75) is 51.7 Å². The molecular formula is C15H24N4O2. The Morgan fingerprint density at radius 1 is 1.33 bits per heavy atom. The van der Waals surface area contributed by atoms with Gasteiger partial charge in [0.15, 0.2) is 11.6 Å². The van der Waals surface area contributed by atoms with Gasteiger partial charge >= 0.3 is 0 Å². The first kappa shape index (κ1) is 14.4. The SMILES string of the molecule is CC(C)COc1nc(C2CCCO2)nc(NC2CC2)c1N. The zero-order valence-electron chi connectivity index (χ0n) is 12.8. The van der Waals surface area contributed by atoms with Crippen LogP contribution >= 0.6 is 0 Å². The molecule has 6 heteroatoms. The van der Waals surface area contributed by atoms with E-state index in [1.54, 1.807) is 0 Å². The first-order valence-corrected chi connectivity index (χ1v) is 7.82. The Labute approximate surface area is 125 Å². The summed E-state index contributed by atoms with van der Waals surface area (Å²) < 4.78 is 11.5. The average molecular weight is 292 g/mol. The third-order valence-electron chi connectivity index (χ3n) is 3.62. The lowest BCUT2D eigenvalue weighted by Crippen LogP contribution is -2.15. The molecule has 0 aromatic carbocycles.